The van der Waals surface area contributed by atoms with E-state index in [4.69, 9.17) is 5.73 Å². The van der Waals surface area contributed by atoms with Gasteiger partial charge in [0.15, 0.2) is 0 Å². The van der Waals surface area contributed by atoms with Crippen LogP contribution >= 0.6 is 0 Å². The predicted octanol–water partition coefficient (Wildman–Crippen LogP) is 2.66. The van der Waals surface area contributed by atoms with Crippen molar-refractivity contribution in [2.24, 2.45) is 11.7 Å². The number of hydrogen-bond acceptors (Lipinski definition) is 3. The minimum Gasteiger partial charge on any atom is -0.352 e. The molecule has 1 aromatic heterocycles. The van der Waals surface area contributed by atoms with Crippen molar-refractivity contribution in [2.45, 2.75) is 32.0 Å². The first-order valence-corrected chi connectivity index (χ1v) is 6.42. The van der Waals surface area contributed by atoms with Crippen molar-refractivity contribution < 1.29 is 13.2 Å². The molecule has 1 aliphatic rings. The molecule has 2 rings (SSSR count). The molecule has 0 aromatic carbocycles. The zero-order valence-corrected chi connectivity index (χ0v) is 10.8. The molecule has 19 heavy (non-hydrogen) atoms. The quantitative estimate of drug-likeness (QED) is 0.900. The molecule has 1 fully saturated rings. The highest BCUT2D eigenvalue weighted by Gasteiger charge is 2.34. The van der Waals surface area contributed by atoms with E-state index in [9.17, 15) is 13.2 Å². The summed E-state index contributed by atoms with van der Waals surface area (Å²) in [5, 5.41) is 0. The van der Waals surface area contributed by atoms with E-state index in [1.54, 1.807) is 6.07 Å². The van der Waals surface area contributed by atoms with E-state index in [0.717, 1.165) is 18.9 Å². The summed E-state index contributed by atoms with van der Waals surface area (Å²) >= 11 is 0. The second-order valence-corrected chi connectivity index (χ2v) is 5.09. The molecule has 1 saturated heterocycles. The Balaban J connectivity index is 2.25. The Morgan fingerprint density at radius 2 is 2.16 bits per heavy atom. The van der Waals surface area contributed by atoms with Gasteiger partial charge in [-0.2, -0.15) is 13.2 Å². The number of nitrogens with zero attached hydrogens (tertiary/aromatic N) is 2. The van der Waals surface area contributed by atoms with E-state index >= 15 is 0 Å². The first-order chi connectivity index (χ1) is 8.91. The molecule has 106 valence electrons. The van der Waals surface area contributed by atoms with Crippen molar-refractivity contribution in [1.82, 2.24) is 4.98 Å². The topological polar surface area (TPSA) is 42.2 Å². The third kappa shape index (κ3) is 3.18. The van der Waals surface area contributed by atoms with Crippen LogP contribution in [0.1, 0.15) is 25.5 Å². The SMILES string of the molecule is CC1CCN(c2cccc(C(F)(F)F)n2)C(CN)C1. The highest BCUT2D eigenvalue weighted by Crippen LogP contribution is 2.31. The van der Waals surface area contributed by atoms with Crippen molar-refractivity contribution in [2.75, 3.05) is 18.0 Å². The lowest BCUT2D eigenvalue weighted by atomic mass is 9.92. The van der Waals surface area contributed by atoms with Crippen LogP contribution in [0.3, 0.4) is 0 Å². The maximum atomic E-state index is 12.7. The van der Waals surface area contributed by atoms with Gasteiger partial charge in [-0.05, 0) is 30.9 Å². The van der Waals surface area contributed by atoms with Gasteiger partial charge in [-0.1, -0.05) is 13.0 Å². The Labute approximate surface area is 110 Å². The van der Waals surface area contributed by atoms with Gasteiger partial charge in [-0.15, -0.1) is 0 Å². The van der Waals surface area contributed by atoms with Gasteiger partial charge < -0.3 is 10.6 Å². The van der Waals surface area contributed by atoms with Crippen LogP contribution in [0.25, 0.3) is 0 Å². The zero-order valence-electron chi connectivity index (χ0n) is 10.8. The van der Waals surface area contributed by atoms with Gasteiger partial charge in [0.2, 0.25) is 0 Å². The van der Waals surface area contributed by atoms with E-state index in [-0.39, 0.29) is 6.04 Å². The summed E-state index contributed by atoms with van der Waals surface area (Å²) in [4.78, 5) is 5.63. The van der Waals surface area contributed by atoms with Crippen LogP contribution in [0.15, 0.2) is 18.2 Å². The number of piperidine rings is 1. The van der Waals surface area contributed by atoms with Gasteiger partial charge >= 0.3 is 6.18 Å². The minimum absolute atomic E-state index is 0.0692. The Bertz CT molecular complexity index is 433. The zero-order chi connectivity index (χ0) is 14.0. The molecule has 2 heterocycles. The Morgan fingerprint density at radius 3 is 2.79 bits per heavy atom. The Morgan fingerprint density at radius 1 is 1.42 bits per heavy atom. The first kappa shape index (κ1) is 14.1. The summed E-state index contributed by atoms with van der Waals surface area (Å²) in [5.41, 5.74) is 4.88. The second kappa shape index (κ2) is 5.36. The number of halogens is 3. The summed E-state index contributed by atoms with van der Waals surface area (Å²) in [5.74, 6) is 0.924. The summed E-state index contributed by atoms with van der Waals surface area (Å²) in [6, 6.07) is 4.08. The van der Waals surface area contributed by atoms with Gasteiger partial charge in [0.1, 0.15) is 11.5 Å². The lowest BCUT2D eigenvalue weighted by Crippen LogP contribution is -2.46. The molecule has 0 amide bonds. The van der Waals surface area contributed by atoms with E-state index in [1.807, 2.05) is 4.90 Å². The molecule has 0 aliphatic carbocycles. The molecule has 1 aromatic rings. The number of rotatable bonds is 2. The molecule has 0 radical (unpaired) electrons. The van der Waals surface area contributed by atoms with Crippen molar-refractivity contribution in [3.05, 3.63) is 23.9 Å². The van der Waals surface area contributed by atoms with Crippen LogP contribution in [0.2, 0.25) is 0 Å². The van der Waals surface area contributed by atoms with Crippen LogP contribution < -0.4 is 10.6 Å². The third-order valence-corrected chi connectivity index (χ3v) is 3.57. The molecule has 2 atom stereocenters. The summed E-state index contributed by atoms with van der Waals surface area (Å²) in [6.07, 6.45) is -2.56. The van der Waals surface area contributed by atoms with Crippen molar-refractivity contribution in [3.8, 4) is 0 Å². The molecule has 3 nitrogen and oxygen atoms in total. The smallest absolute Gasteiger partial charge is 0.352 e. The van der Waals surface area contributed by atoms with Gasteiger partial charge in [0, 0.05) is 19.1 Å². The van der Waals surface area contributed by atoms with E-state index in [2.05, 4.69) is 11.9 Å². The Hall–Kier alpha value is -1.30. The fourth-order valence-corrected chi connectivity index (χ4v) is 2.52. The summed E-state index contributed by atoms with van der Waals surface area (Å²) in [6.45, 7) is 3.28. The summed E-state index contributed by atoms with van der Waals surface area (Å²) in [7, 11) is 0. The number of alkyl halides is 3. The van der Waals surface area contributed by atoms with Gasteiger partial charge in [-0.3, -0.25) is 0 Å². The fraction of sp³-hybridized carbons (Fsp3) is 0.615. The number of nitrogens with two attached hydrogens (primary N) is 1. The highest BCUT2D eigenvalue weighted by atomic mass is 19.4. The van der Waals surface area contributed by atoms with Crippen LogP contribution in [-0.2, 0) is 6.18 Å². The summed E-state index contributed by atoms with van der Waals surface area (Å²) < 4.78 is 38.0. The van der Waals surface area contributed by atoms with Crippen LogP contribution in [0.5, 0.6) is 0 Å². The van der Waals surface area contributed by atoms with Crippen LogP contribution in [-0.4, -0.2) is 24.1 Å². The molecule has 2 unspecified atom stereocenters. The maximum absolute atomic E-state index is 12.7. The number of aromatic nitrogens is 1. The molecule has 6 heteroatoms. The standard InChI is InChI=1S/C13H18F3N3/c1-9-5-6-19(10(7-9)8-17)12-4-2-3-11(18-12)13(14,15)16/h2-4,9-10H,5-8,17H2,1H3. The minimum atomic E-state index is -4.41. The lowest BCUT2D eigenvalue weighted by Gasteiger charge is -2.39. The van der Waals surface area contributed by atoms with Gasteiger partial charge in [0.05, 0.1) is 0 Å². The first-order valence-electron chi connectivity index (χ1n) is 6.42. The molecular weight excluding hydrogens is 255 g/mol. The third-order valence-electron chi connectivity index (χ3n) is 3.57. The van der Waals surface area contributed by atoms with E-state index in [1.165, 1.54) is 6.07 Å². The largest absolute Gasteiger partial charge is 0.433 e. The normalized spacial score (nSPS) is 24.6. The number of pyridine rings is 1. The van der Waals surface area contributed by atoms with Gasteiger partial charge in [0.25, 0.3) is 0 Å². The second-order valence-electron chi connectivity index (χ2n) is 5.09. The highest BCUT2D eigenvalue weighted by molar-refractivity contribution is 5.41. The average Bonchev–Trinajstić information content (AvgIpc) is 2.37. The maximum Gasteiger partial charge on any atom is 0.433 e. The molecular formula is C13H18F3N3. The van der Waals surface area contributed by atoms with Gasteiger partial charge in [-0.25, -0.2) is 4.98 Å². The van der Waals surface area contributed by atoms with Crippen molar-refractivity contribution in [1.29, 1.82) is 0 Å². The molecule has 0 bridgehead atoms. The van der Waals surface area contributed by atoms with Crippen molar-refractivity contribution >= 4 is 5.82 Å². The lowest BCUT2D eigenvalue weighted by molar-refractivity contribution is -0.141. The van der Waals surface area contributed by atoms with Crippen LogP contribution in [0.4, 0.5) is 19.0 Å². The molecule has 2 N–H and O–H groups in total. The van der Waals surface area contributed by atoms with Crippen molar-refractivity contribution in [3.63, 3.8) is 0 Å². The fourth-order valence-electron chi connectivity index (χ4n) is 2.52. The molecule has 0 saturated carbocycles. The predicted molar refractivity (Wildman–Crippen MR) is 67.8 cm³/mol. The number of hydrogen-bond donors (Lipinski definition) is 1. The van der Waals surface area contributed by atoms with Crippen LogP contribution in [0, 0.1) is 5.92 Å². The van der Waals surface area contributed by atoms with E-state index in [0.29, 0.717) is 24.8 Å². The van der Waals surface area contributed by atoms with E-state index < -0.39 is 11.9 Å². The Kier molecular flexibility index (Phi) is 3.99. The number of anilines is 1. The molecule has 0 spiro atoms. The average molecular weight is 273 g/mol. The molecule has 1 aliphatic heterocycles. The monoisotopic (exact) mass is 273 g/mol.